The number of piperazine rings is 1. The molecule has 1 amide bonds. The number of hydrogen-bond acceptors (Lipinski definition) is 5. The lowest BCUT2D eigenvalue weighted by Gasteiger charge is -2.33. The number of sulfonamides is 1. The SMILES string of the molecule is Cc1ccc(S(=O)(=O)N2CCN(C(=O)COC(=O)c3c(Cl)cccc3Cl)CC2)cc1. The first-order valence-corrected chi connectivity index (χ1v) is 11.4. The van der Waals surface area contributed by atoms with Crippen LogP contribution in [0.4, 0.5) is 0 Å². The lowest BCUT2D eigenvalue weighted by Crippen LogP contribution is -2.51. The number of nitrogens with zero attached hydrogens (tertiary/aromatic N) is 2. The van der Waals surface area contributed by atoms with Crippen LogP contribution >= 0.6 is 23.2 Å². The van der Waals surface area contributed by atoms with Crippen molar-refractivity contribution < 1.29 is 22.7 Å². The second kappa shape index (κ2) is 9.34. The fourth-order valence-electron chi connectivity index (χ4n) is 3.02. The standard InChI is InChI=1S/C20H20Cl2N2O5S/c1-14-5-7-15(8-6-14)30(27,28)24-11-9-23(10-12-24)18(25)13-29-20(26)19-16(21)3-2-4-17(19)22/h2-8H,9-13H2,1H3. The summed E-state index contributed by atoms with van der Waals surface area (Å²) in [6.07, 6.45) is 0. The van der Waals surface area contributed by atoms with Crippen LogP contribution in [-0.2, 0) is 19.6 Å². The highest BCUT2D eigenvalue weighted by Gasteiger charge is 2.30. The first-order valence-electron chi connectivity index (χ1n) is 9.16. The minimum Gasteiger partial charge on any atom is -0.452 e. The van der Waals surface area contributed by atoms with Gasteiger partial charge < -0.3 is 9.64 Å². The number of ether oxygens (including phenoxy) is 1. The number of esters is 1. The van der Waals surface area contributed by atoms with Gasteiger partial charge in [0.05, 0.1) is 20.5 Å². The Kier molecular flexibility index (Phi) is 7.02. The predicted octanol–water partition coefficient (Wildman–Crippen LogP) is 2.99. The average molecular weight is 471 g/mol. The molecular weight excluding hydrogens is 451 g/mol. The zero-order valence-corrected chi connectivity index (χ0v) is 18.5. The van der Waals surface area contributed by atoms with Gasteiger partial charge >= 0.3 is 5.97 Å². The van der Waals surface area contributed by atoms with Gasteiger partial charge in [0, 0.05) is 26.2 Å². The molecule has 1 aliphatic rings. The molecule has 30 heavy (non-hydrogen) atoms. The van der Waals surface area contributed by atoms with E-state index in [4.69, 9.17) is 27.9 Å². The van der Waals surface area contributed by atoms with Crippen molar-refractivity contribution in [2.75, 3.05) is 32.8 Å². The van der Waals surface area contributed by atoms with Crippen molar-refractivity contribution in [3.05, 3.63) is 63.6 Å². The molecule has 1 saturated heterocycles. The summed E-state index contributed by atoms with van der Waals surface area (Å²) in [7, 11) is -3.62. The lowest BCUT2D eigenvalue weighted by molar-refractivity contribution is -0.135. The van der Waals surface area contributed by atoms with E-state index in [1.165, 1.54) is 21.3 Å². The second-order valence-corrected chi connectivity index (χ2v) is 9.52. The van der Waals surface area contributed by atoms with Crippen molar-refractivity contribution in [3.8, 4) is 0 Å². The Morgan fingerprint density at radius 3 is 2.10 bits per heavy atom. The highest BCUT2D eigenvalue weighted by atomic mass is 35.5. The van der Waals surface area contributed by atoms with Crippen molar-refractivity contribution in [2.45, 2.75) is 11.8 Å². The summed E-state index contributed by atoms with van der Waals surface area (Å²) in [5.74, 6) is -1.21. The van der Waals surface area contributed by atoms with Gasteiger partial charge in [-0.1, -0.05) is 47.0 Å². The van der Waals surface area contributed by atoms with Crippen molar-refractivity contribution in [2.24, 2.45) is 0 Å². The normalized spacial score (nSPS) is 15.1. The van der Waals surface area contributed by atoms with E-state index >= 15 is 0 Å². The van der Waals surface area contributed by atoms with E-state index in [-0.39, 0.29) is 46.7 Å². The molecule has 1 heterocycles. The molecule has 0 atom stereocenters. The molecule has 0 N–H and O–H groups in total. The van der Waals surface area contributed by atoms with Gasteiger partial charge in [-0.15, -0.1) is 0 Å². The van der Waals surface area contributed by atoms with Crippen molar-refractivity contribution in [1.29, 1.82) is 0 Å². The molecule has 0 aromatic heterocycles. The molecule has 2 aromatic rings. The van der Waals surface area contributed by atoms with Gasteiger partial charge in [0.25, 0.3) is 5.91 Å². The van der Waals surface area contributed by atoms with Gasteiger partial charge in [-0.05, 0) is 31.2 Å². The number of benzene rings is 2. The van der Waals surface area contributed by atoms with Gasteiger partial charge in [0.2, 0.25) is 10.0 Å². The summed E-state index contributed by atoms with van der Waals surface area (Å²) >= 11 is 11.9. The minimum absolute atomic E-state index is 0.00245. The molecule has 7 nitrogen and oxygen atoms in total. The Morgan fingerprint density at radius 1 is 0.967 bits per heavy atom. The maximum atomic E-state index is 12.7. The van der Waals surface area contributed by atoms with Crippen LogP contribution < -0.4 is 0 Å². The third-order valence-electron chi connectivity index (χ3n) is 4.74. The zero-order chi connectivity index (χ0) is 21.9. The summed E-state index contributed by atoms with van der Waals surface area (Å²) in [4.78, 5) is 26.3. The molecule has 3 rings (SSSR count). The van der Waals surface area contributed by atoms with Crippen molar-refractivity contribution in [3.63, 3.8) is 0 Å². The first kappa shape index (κ1) is 22.6. The van der Waals surface area contributed by atoms with Gasteiger partial charge in [-0.2, -0.15) is 4.31 Å². The summed E-state index contributed by atoms with van der Waals surface area (Å²) in [5, 5.41) is 0.268. The molecule has 0 radical (unpaired) electrons. The number of amides is 1. The highest BCUT2D eigenvalue weighted by molar-refractivity contribution is 7.89. The molecular formula is C20H20Cl2N2O5S. The van der Waals surface area contributed by atoms with Crippen molar-refractivity contribution >= 4 is 45.1 Å². The predicted molar refractivity (Wildman–Crippen MR) is 113 cm³/mol. The molecule has 0 aliphatic carbocycles. The molecule has 0 spiro atoms. The van der Waals surface area contributed by atoms with Gasteiger partial charge in [-0.3, -0.25) is 4.79 Å². The van der Waals surface area contributed by atoms with E-state index < -0.39 is 28.5 Å². The summed E-state index contributed by atoms with van der Waals surface area (Å²) in [6.45, 7) is 2.12. The van der Waals surface area contributed by atoms with Gasteiger partial charge in [-0.25, -0.2) is 13.2 Å². The summed E-state index contributed by atoms with van der Waals surface area (Å²) in [6, 6.07) is 11.2. The quantitative estimate of drug-likeness (QED) is 0.627. The van der Waals surface area contributed by atoms with E-state index in [0.717, 1.165) is 5.56 Å². The molecule has 1 fully saturated rings. The van der Waals surface area contributed by atoms with E-state index in [2.05, 4.69) is 0 Å². The second-order valence-electron chi connectivity index (χ2n) is 6.77. The van der Waals surface area contributed by atoms with Crippen molar-refractivity contribution in [1.82, 2.24) is 9.21 Å². The third kappa shape index (κ3) is 4.95. The van der Waals surface area contributed by atoms with Crippen LogP contribution in [0.15, 0.2) is 47.4 Å². The molecule has 1 aliphatic heterocycles. The minimum atomic E-state index is -3.62. The number of aryl methyl sites for hydroxylation is 1. The number of carbonyl (C=O) groups is 2. The smallest absolute Gasteiger partial charge is 0.341 e. The lowest BCUT2D eigenvalue weighted by atomic mass is 10.2. The summed E-state index contributed by atoms with van der Waals surface area (Å²) in [5.41, 5.74) is 0.972. The molecule has 160 valence electrons. The maximum absolute atomic E-state index is 12.7. The monoisotopic (exact) mass is 470 g/mol. The van der Waals surface area contributed by atoms with Crippen LogP contribution in [0, 0.1) is 6.92 Å². The van der Waals surface area contributed by atoms with Crippen LogP contribution in [-0.4, -0.2) is 62.3 Å². The molecule has 0 bridgehead atoms. The average Bonchev–Trinajstić information content (AvgIpc) is 2.72. The van der Waals surface area contributed by atoms with Gasteiger partial charge in [0.15, 0.2) is 6.61 Å². The van der Waals surface area contributed by atoms with Crippen LogP contribution in [0.5, 0.6) is 0 Å². The highest BCUT2D eigenvalue weighted by Crippen LogP contribution is 2.25. The van der Waals surface area contributed by atoms with Crippen LogP contribution in [0.25, 0.3) is 0 Å². The Hall–Kier alpha value is -2.13. The molecule has 2 aromatic carbocycles. The molecule has 0 unspecified atom stereocenters. The number of hydrogen-bond donors (Lipinski definition) is 0. The molecule has 10 heteroatoms. The van der Waals surface area contributed by atoms with Crippen LogP contribution in [0.3, 0.4) is 0 Å². The van der Waals surface area contributed by atoms with Gasteiger partial charge in [0.1, 0.15) is 0 Å². The maximum Gasteiger partial charge on any atom is 0.341 e. The van der Waals surface area contributed by atoms with Crippen LogP contribution in [0.1, 0.15) is 15.9 Å². The van der Waals surface area contributed by atoms with E-state index in [0.29, 0.717) is 0 Å². The van der Waals surface area contributed by atoms with Crippen LogP contribution in [0.2, 0.25) is 10.0 Å². The van der Waals surface area contributed by atoms with E-state index in [9.17, 15) is 18.0 Å². The third-order valence-corrected chi connectivity index (χ3v) is 7.29. The largest absolute Gasteiger partial charge is 0.452 e. The van der Waals surface area contributed by atoms with E-state index in [1.54, 1.807) is 30.3 Å². The van der Waals surface area contributed by atoms with E-state index in [1.807, 2.05) is 6.92 Å². The Labute approximate surface area is 185 Å². The molecule has 0 saturated carbocycles. The Bertz CT molecular complexity index is 1030. The number of halogens is 2. The first-order chi connectivity index (χ1) is 14.2. The Balaban J connectivity index is 1.55. The number of carbonyl (C=O) groups excluding carboxylic acids is 2. The zero-order valence-electron chi connectivity index (χ0n) is 16.2. The summed E-state index contributed by atoms with van der Waals surface area (Å²) < 4.78 is 31.9. The fraction of sp³-hybridized carbons (Fsp3) is 0.300. The fourth-order valence-corrected chi connectivity index (χ4v) is 4.99. The topological polar surface area (TPSA) is 84.0 Å². The number of rotatable bonds is 5. The Morgan fingerprint density at radius 2 is 1.53 bits per heavy atom.